The van der Waals surface area contributed by atoms with Gasteiger partial charge in [-0.05, 0) is 61.4 Å². The molecule has 9 nitrogen and oxygen atoms in total. The Morgan fingerprint density at radius 1 is 1.13 bits per heavy atom. The summed E-state index contributed by atoms with van der Waals surface area (Å²) in [5.41, 5.74) is 2.38. The van der Waals surface area contributed by atoms with Crippen molar-refractivity contribution >= 4 is 17.6 Å². The number of hydrogen-bond acceptors (Lipinski definition) is 6. The third-order valence-corrected chi connectivity index (χ3v) is 6.66. The highest BCUT2D eigenvalue weighted by molar-refractivity contribution is 6.03. The summed E-state index contributed by atoms with van der Waals surface area (Å²) in [6, 6.07) is 12.8. The molecule has 2 heterocycles. The number of carbonyl (C=O) groups is 2. The summed E-state index contributed by atoms with van der Waals surface area (Å²) in [5.74, 6) is 0.0757. The van der Waals surface area contributed by atoms with E-state index in [-0.39, 0.29) is 30.3 Å². The molecule has 1 fully saturated rings. The number of hydrazone groups is 1. The quantitative estimate of drug-likeness (QED) is 0.543. The number of amides is 3. The molecule has 0 aliphatic carbocycles. The van der Waals surface area contributed by atoms with Crippen molar-refractivity contribution in [1.29, 1.82) is 0 Å². The Kier molecular flexibility index (Phi) is 9.30. The van der Waals surface area contributed by atoms with E-state index >= 15 is 0 Å². The monoisotopic (exact) mass is 525 g/mol. The molecule has 2 aliphatic rings. The molecular formula is C28H36FN5O4. The van der Waals surface area contributed by atoms with Crippen LogP contribution in [0.5, 0.6) is 5.75 Å². The molecule has 3 amide bonds. The summed E-state index contributed by atoms with van der Waals surface area (Å²) >= 11 is 0. The number of halogens is 1. The first-order chi connectivity index (χ1) is 18.3. The highest BCUT2D eigenvalue weighted by Crippen LogP contribution is 2.33. The fourth-order valence-electron chi connectivity index (χ4n) is 4.56. The maximum absolute atomic E-state index is 13.7. The Morgan fingerprint density at radius 3 is 2.45 bits per heavy atom. The number of nitrogens with one attached hydrogen (secondary N) is 1. The topological polar surface area (TPSA) is 86.7 Å². The molecule has 0 aromatic heterocycles. The van der Waals surface area contributed by atoms with E-state index in [4.69, 9.17) is 14.6 Å². The summed E-state index contributed by atoms with van der Waals surface area (Å²) in [4.78, 5) is 30.5. The lowest BCUT2D eigenvalue weighted by molar-refractivity contribution is -0.133. The second-order valence-corrected chi connectivity index (χ2v) is 9.76. The fraction of sp³-hybridized carbons (Fsp3) is 0.464. The van der Waals surface area contributed by atoms with Crippen LogP contribution in [0, 0.1) is 5.82 Å². The maximum atomic E-state index is 13.7. The van der Waals surface area contributed by atoms with Gasteiger partial charge in [-0.1, -0.05) is 12.1 Å². The molecule has 1 atom stereocenters. The van der Waals surface area contributed by atoms with E-state index < -0.39 is 6.04 Å². The second-order valence-electron chi connectivity index (χ2n) is 9.76. The molecule has 2 aromatic carbocycles. The summed E-state index contributed by atoms with van der Waals surface area (Å²) in [6.07, 6.45) is 0.468. The molecule has 0 bridgehead atoms. The number of rotatable bonds is 9. The van der Waals surface area contributed by atoms with Gasteiger partial charge >= 0.3 is 6.03 Å². The van der Waals surface area contributed by atoms with Crippen molar-refractivity contribution < 1.29 is 23.5 Å². The van der Waals surface area contributed by atoms with Gasteiger partial charge in [0, 0.05) is 38.6 Å². The Bertz CT molecular complexity index is 1120. The Morgan fingerprint density at radius 2 is 1.82 bits per heavy atom. The van der Waals surface area contributed by atoms with Crippen LogP contribution in [-0.2, 0) is 9.53 Å². The van der Waals surface area contributed by atoms with Crippen molar-refractivity contribution in [2.45, 2.75) is 32.4 Å². The van der Waals surface area contributed by atoms with E-state index in [9.17, 15) is 14.0 Å². The normalized spacial score (nSPS) is 17.9. The summed E-state index contributed by atoms with van der Waals surface area (Å²) in [6.45, 7) is 7.59. The van der Waals surface area contributed by atoms with Crippen LogP contribution in [0.4, 0.5) is 9.18 Å². The van der Waals surface area contributed by atoms with Crippen LogP contribution < -0.4 is 10.1 Å². The number of urea groups is 1. The molecule has 1 N–H and O–H groups in total. The number of methoxy groups -OCH3 is 1. The summed E-state index contributed by atoms with van der Waals surface area (Å²) < 4.78 is 24.3. The number of benzene rings is 2. The highest BCUT2D eigenvalue weighted by atomic mass is 19.1. The van der Waals surface area contributed by atoms with Gasteiger partial charge in [0.05, 0.1) is 32.1 Å². The van der Waals surface area contributed by atoms with Gasteiger partial charge in [0.2, 0.25) is 0 Å². The van der Waals surface area contributed by atoms with Crippen LogP contribution in [0.2, 0.25) is 0 Å². The predicted octanol–water partition coefficient (Wildman–Crippen LogP) is 3.26. The first-order valence-corrected chi connectivity index (χ1v) is 13.0. The predicted molar refractivity (Wildman–Crippen MR) is 143 cm³/mol. The smallest absolute Gasteiger partial charge is 0.318 e. The first kappa shape index (κ1) is 27.5. The molecule has 2 aromatic rings. The van der Waals surface area contributed by atoms with Gasteiger partial charge in [-0.25, -0.2) is 14.2 Å². The number of nitrogens with zero attached hydrogens (tertiary/aromatic N) is 4. The zero-order chi connectivity index (χ0) is 27.1. The molecule has 2 aliphatic heterocycles. The van der Waals surface area contributed by atoms with E-state index in [1.165, 1.54) is 17.1 Å². The molecule has 0 radical (unpaired) electrons. The van der Waals surface area contributed by atoms with Crippen molar-refractivity contribution in [1.82, 2.24) is 20.1 Å². The van der Waals surface area contributed by atoms with Gasteiger partial charge in [0.1, 0.15) is 18.1 Å². The lowest BCUT2D eigenvalue weighted by Crippen LogP contribution is -2.50. The Labute approximate surface area is 223 Å². The average molecular weight is 526 g/mol. The third kappa shape index (κ3) is 7.08. The van der Waals surface area contributed by atoms with Crippen LogP contribution in [-0.4, -0.2) is 91.5 Å². The van der Waals surface area contributed by atoms with Crippen molar-refractivity contribution in [2.24, 2.45) is 5.10 Å². The van der Waals surface area contributed by atoms with Crippen LogP contribution in [0.15, 0.2) is 53.6 Å². The molecular weight excluding hydrogens is 489 g/mol. The third-order valence-electron chi connectivity index (χ3n) is 6.66. The van der Waals surface area contributed by atoms with E-state index in [0.717, 1.165) is 35.7 Å². The van der Waals surface area contributed by atoms with Gasteiger partial charge in [-0.15, -0.1) is 0 Å². The van der Waals surface area contributed by atoms with Crippen LogP contribution in [0.25, 0.3) is 0 Å². The highest BCUT2D eigenvalue weighted by Gasteiger charge is 2.34. The largest absolute Gasteiger partial charge is 0.497 e. The number of hydrogen-bond donors (Lipinski definition) is 1. The second kappa shape index (κ2) is 12.8. The molecule has 10 heteroatoms. The average Bonchev–Trinajstić information content (AvgIpc) is 3.37. The standard InChI is InChI=1S/C28H36FN5O4/c1-20(2)30-28(36)33(13-12-32-14-16-38-17-15-32)19-27(35)34-26(22-4-8-23(29)9-5-22)18-25(31-34)21-6-10-24(37-3)11-7-21/h4-11,20,26H,12-19H2,1-3H3,(H,30,36)/t26-/m0/s1. The molecule has 0 spiro atoms. The number of ether oxygens (including phenoxy) is 2. The zero-order valence-electron chi connectivity index (χ0n) is 22.2. The fourth-order valence-corrected chi connectivity index (χ4v) is 4.56. The molecule has 38 heavy (non-hydrogen) atoms. The van der Waals surface area contributed by atoms with Crippen molar-refractivity contribution in [2.75, 3.05) is 53.0 Å². The lowest BCUT2D eigenvalue weighted by Gasteiger charge is -2.31. The van der Waals surface area contributed by atoms with Crippen LogP contribution in [0.1, 0.15) is 37.4 Å². The van der Waals surface area contributed by atoms with E-state index in [2.05, 4.69) is 10.2 Å². The first-order valence-electron chi connectivity index (χ1n) is 13.0. The van der Waals surface area contributed by atoms with Gasteiger partial charge in [0.15, 0.2) is 0 Å². The van der Waals surface area contributed by atoms with Gasteiger partial charge < -0.3 is 19.7 Å². The summed E-state index contributed by atoms with van der Waals surface area (Å²) in [7, 11) is 1.60. The summed E-state index contributed by atoms with van der Waals surface area (Å²) in [5, 5.41) is 9.04. The van der Waals surface area contributed by atoms with E-state index in [1.807, 2.05) is 38.1 Å². The maximum Gasteiger partial charge on any atom is 0.318 e. The minimum absolute atomic E-state index is 0.0677. The van der Waals surface area contributed by atoms with Gasteiger partial charge in [0.25, 0.3) is 5.91 Å². The van der Waals surface area contributed by atoms with Crippen LogP contribution in [0.3, 0.4) is 0 Å². The Hall–Kier alpha value is -3.50. The molecule has 204 valence electrons. The zero-order valence-corrected chi connectivity index (χ0v) is 22.2. The SMILES string of the molecule is COc1ccc(C2=NN(C(=O)CN(CCN3CCOCC3)C(=O)NC(C)C)[C@H](c3ccc(F)cc3)C2)cc1. The molecule has 1 saturated heterocycles. The minimum atomic E-state index is -0.408. The minimum Gasteiger partial charge on any atom is -0.497 e. The Balaban J connectivity index is 1.55. The van der Waals surface area contributed by atoms with Gasteiger partial charge in [-0.2, -0.15) is 5.10 Å². The van der Waals surface area contributed by atoms with E-state index in [1.54, 1.807) is 24.1 Å². The molecule has 0 unspecified atom stereocenters. The number of morpholine rings is 1. The van der Waals surface area contributed by atoms with E-state index in [0.29, 0.717) is 32.7 Å². The van der Waals surface area contributed by atoms with Crippen molar-refractivity contribution in [3.8, 4) is 5.75 Å². The number of carbonyl (C=O) groups excluding carboxylic acids is 2. The van der Waals surface area contributed by atoms with Gasteiger partial charge in [-0.3, -0.25) is 9.69 Å². The van der Waals surface area contributed by atoms with Crippen molar-refractivity contribution in [3.63, 3.8) is 0 Å². The van der Waals surface area contributed by atoms with Crippen LogP contribution >= 0.6 is 0 Å². The van der Waals surface area contributed by atoms with Crippen molar-refractivity contribution in [3.05, 3.63) is 65.5 Å². The molecule has 4 rings (SSSR count). The lowest BCUT2D eigenvalue weighted by atomic mass is 9.98. The molecule has 0 saturated carbocycles.